The van der Waals surface area contributed by atoms with Gasteiger partial charge in [0.1, 0.15) is 11.7 Å². The second-order valence-electron chi connectivity index (χ2n) is 16.6. The lowest BCUT2D eigenvalue weighted by molar-refractivity contribution is -0.608. The average molecular weight is 820 g/mol. The zero-order valence-corrected chi connectivity index (χ0v) is 34.7. The minimum Gasteiger partial charge on any atom is -0.309 e. The number of nitrogens with two attached hydrogens (primary N) is 1. The molecule has 1 aliphatic heterocycles. The SMILES string of the molecule is c1ccc(-c2nc(-c3ccc(-n4c5ccccc5c5ccccc54)cc3)nc(-c3ccc4c5c6c(ccc5n(-c5ccccc5)c4c3)-c3ccccc3[NH2+]C6c3ccccc3)n2)cc1. The Balaban J connectivity index is 1.01. The fourth-order valence-electron chi connectivity index (χ4n) is 10.1. The van der Waals surface area contributed by atoms with Crippen LogP contribution in [0.25, 0.3) is 100 Å². The molecule has 300 valence electrons. The highest BCUT2D eigenvalue weighted by Gasteiger charge is 2.33. The Kier molecular flexibility index (Phi) is 8.26. The van der Waals surface area contributed by atoms with Crippen LogP contribution >= 0.6 is 0 Å². The van der Waals surface area contributed by atoms with Crippen LogP contribution in [0, 0.1) is 0 Å². The highest BCUT2D eigenvalue weighted by Crippen LogP contribution is 2.46. The monoisotopic (exact) mass is 819 g/mol. The van der Waals surface area contributed by atoms with Crippen molar-refractivity contribution in [2.24, 2.45) is 0 Å². The van der Waals surface area contributed by atoms with Crippen LogP contribution < -0.4 is 5.32 Å². The molecule has 0 spiro atoms. The van der Waals surface area contributed by atoms with Crippen molar-refractivity contribution in [1.82, 2.24) is 24.1 Å². The van der Waals surface area contributed by atoms with Gasteiger partial charge in [-0.1, -0.05) is 146 Å². The molecule has 13 rings (SSSR count). The Hall–Kier alpha value is -8.45. The van der Waals surface area contributed by atoms with Crippen LogP contribution in [0.4, 0.5) is 5.69 Å². The molecule has 0 aliphatic carbocycles. The number of aromatic nitrogens is 5. The summed E-state index contributed by atoms with van der Waals surface area (Å²) >= 11 is 0. The summed E-state index contributed by atoms with van der Waals surface area (Å²) in [4.78, 5) is 15.6. The number of hydrogen-bond donors (Lipinski definition) is 1. The van der Waals surface area contributed by atoms with Crippen LogP contribution in [0.3, 0.4) is 0 Å². The van der Waals surface area contributed by atoms with E-state index in [-0.39, 0.29) is 6.04 Å². The van der Waals surface area contributed by atoms with E-state index in [1.54, 1.807) is 0 Å². The number of para-hydroxylation sites is 4. The van der Waals surface area contributed by atoms with Crippen LogP contribution in [0.2, 0.25) is 0 Å². The fourth-order valence-corrected chi connectivity index (χ4v) is 10.1. The van der Waals surface area contributed by atoms with E-state index in [9.17, 15) is 0 Å². The molecule has 0 bridgehead atoms. The van der Waals surface area contributed by atoms with Gasteiger partial charge in [0, 0.05) is 66.3 Å². The number of quaternary nitrogens is 1. The van der Waals surface area contributed by atoms with Crippen molar-refractivity contribution in [3.8, 4) is 56.7 Å². The minimum absolute atomic E-state index is 0.0742. The lowest BCUT2D eigenvalue weighted by atomic mass is 9.84. The van der Waals surface area contributed by atoms with Crippen molar-refractivity contribution in [2.45, 2.75) is 6.04 Å². The molecule has 3 aromatic heterocycles. The highest BCUT2D eigenvalue weighted by atomic mass is 15.0. The summed E-state index contributed by atoms with van der Waals surface area (Å²) in [5.74, 6) is 1.87. The minimum atomic E-state index is 0.0742. The molecule has 6 heteroatoms. The summed E-state index contributed by atoms with van der Waals surface area (Å²) in [5.41, 5.74) is 15.9. The molecule has 0 radical (unpaired) electrons. The maximum atomic E-state index is 5.26. The molecular weight excluding hydrogens is 781 g/mol. The topological polar surface area (TPSA) is 65.1 Å². The van der Waals surface area contributed by atoms with Gasteiger partial charge in [0.15, 0.2) is 17.5 Å². The van der Waals surface area contributed by atoms with E-state index >= 15 is 0 Å². The lowest BCUT2D eigenvalue weighted by Gasteiger charge is -2.27. The van der Waals surface area contributed by atoms with Crippen molar-refractivity contribution >= 4 is 49.3 Å². The van der Waals surface area contributed by atoms with Gasteiger partial charge < -0.3 is 14.5 Å². The maximum absolute atomic E-state index is 5.26. The molecule has 0 saturated carbocycles. The molecule has 9 aromatic carbocycles. The summed E-state index contributed by atoms with van der Waals surface area (Å²) in [5, 5.41) is 7.36. The van der Waals surface area contributed by atoms with E-state index < -0.39 is 0 Å². The second-order valence-corrected chi connectivity index (χ2v) is 16.6. The molecule has 1 aliphatic rings. The zero-order valence-electron chi connectivity index (χ0n) is 34.7. The van der Waals surface area contributed by atoms with Crippen LogP contribution in [-0.2, 0) is 0 Å². The van der Waals surface area contributed by atoms with Crippen molar-refractivity contribution in [2.75, 3.05) is 0 Å². The molecule has 6 nitrogen and oxygen atoms in total. The Morgan fingerprint density at radius 3 is 1.59 bits per heavy atom. The summed E-state index contributed by atoms with van der Waals surface area (Å²) in [6.07, 6.45) is 0. The van der Waals surface area contributed by atoms with Crippen LogP contribution in [0.1, 0.15) is 17.2 Å². The highest BCUT2D eigenvalue weighted by molar-refractivity contribution is 6.14. The van der Waals surface area contributed by atoms with E-state index in [0.29, 0.717) is 17.5 Å². The van der Waals surface area contributed by atoms with Gasteiger partial charge in [0.25, 0.3) is 0 Å². The third-order valence-corrected chi connectivity index (χ3v) is 12.9. The number of fused-ring (bicyclic) bond motifs is 10. The first kappa shape index (κ1) is 36.2. The van der Waals surface area contributed by atoms with Gasteiger partial charge in [-0.15, -0.1) is 0 Å². The second kappa shape index (κ2) is 14.6. The third-order valence-electron chi connectivity index (χ3n) is 12.9. The Morgan fingerprint density at radius 1 is 0.359 bits per heavy atom. The predicted molar refractivity (Wildman–Crippen MR) is 260 cm³/mol. The Labute approximate surface area is 369 Å². The fraction of sp³-hybridized carbons (Fsp3) is 0.0172. The first-order valence-corrected chi connectivity index (χ1v) is 21.8. The zero-order chi connectivity index (χ0) is 42.1. The van der Waals surface area contributed by atoms with E-state index in [1.165, 1.54) is 60.5 Å². The van der Waals surface area contributed by atoms with E-state index in [2.05, 4.69) is 215 Å². The Bertz CT molecular complexity index is 3690. The van der Waals surface area contributed by atoms with Crippen LogP contribution in [0.5, 0.6) is 0 Å². The Morgan fingerprint density at radius 2 is 0.891 bits per heavy atom. The molecule has 0 fully saturated rings. The number of benzene rings is 9. The van der Waals surface area contributed by atoms with E-state index in [4.69, 9.17) is 15.0 Å². The van der Waals surface area contributed by atoms with Crippen molar-refractivity contribution in [3.63, 3.8) is 0 Å². The van der Waals surface area contributed by atoms with Gasteiger partial charge in [0.05, 0.1) is 22.1 Å². The third kappa shape index (κ3) is 5.74. The molecule has 0 amide bonds. The first-order valence-electron chi connectivity index (χ1n) is 21.8. The van der Waals surface area contributed by atoms with Gasteiger partial charge >= 0.3 is 0 Å². The molecule has 0 saturated heterocycles. The first-order chi connectivity index (χ1) is 31.7. The van der Waals surface area contributed by atoms with Crippen molar-refractivity contribution in [3.05, 3.63) is 230 Å². The van der Waals surface area contributed by atoms with Crippen LogP contribution in [0.15, 0.2) is 218 Å². The van der Waals surface area contributed by atoms with Gasteiger partial charge in [-0.3, -0.25) is 0 Å². The van der Waals surface area contributed by atoms with Gasteiger partial charge in [-0.25, -0.2) is 15.0 Å². The summed E-state index contributed by atoms with van der Waals surface area (Å²) in [7, 11) is 0. The summed E-state index contributed by atoms with van der Waals surface area (Å²) in [6, 6.07) is 77.8. The van der Waals surface area contributed by atoms with Gasteiger partial charge in [-0.05, 0) is 78.4 Å². The largest absolute Gasteiger partial charge is 0.309 e. The molecule has 2 N–H and O–H groups in total. The maximum Gasteiger partial charge on any atom is 0.164 e. The van der Waals surface area contributed by atoms with Gasteiger partial charge in [0.2, 0.25) is 0 Å². The number of hydrogen-bond acceptors (Lipinski definition) is 3. The molecule has 12 aromatic rings. The normalized spacial score (nSPS) is 13.4. The smallest absolute Gasteiger partial charge is 0.164 e. The average Bonchev–Trinajstić information content (AvgIpc) is 3.89. The lowest BCUT2D eigenvalue weighted by Crippen LogP contribution is -2.80. The summed E-state index contributed by atoms with van der Waals surface area (Å²) in [6.45, 7) is 0. The quantitative estimate of drug-likeness (QED) is 0.170. The van der Waals surface area contributed by atoms with Gasteiger partial charge in [-0.2, -0.15) is 0 Å². The van der Waals surface area contributed by atoms with Crippen LogP contribution in [-0.4, -0.2) is 24.1 Å². The number of nitrogens with zero attached hydrogens (tertiary/aromatic N) is 5. The summed E-state index contributed by atoms with van der Waals surface area (Å²) < 4.78 is 4.74. The molecule has 1 unspecified atom stereocenters. The van der Waals surface area contributed by atoms with E-state index in [1.807, 2.05) is 18.2 Å². The van der Waals surface area contributed by atoms with Crippen molar-refractivity contribution < 1.29 is 5.32 Å². The van der Waals surface area contributed by atoms with E-state index in [0.717, 1.165) is 39.1 Å². The van der Waals surface area contributed by atoms with Crippen molar-refractivity contribution in [1.29, 1.82) is 0 Å². The molecule has 1 atom stereocenters. The molecular formula is C58H39N6+. The number of rotatable bonds is 6. The molecule has 64 heavy (non-hydrogen) atoms. The predicted octanol–water partition coefficient (Wildman–Crippen LogP) is 13.0. The molecule has 4 heterocycles. The standard InChI is InChI=1S/C58H38N6/c1-4-16-37(17-5-1)55-54-46(43-22-10-13-25-48(43)59-55)34-35-51-53(54)47-33-30-40(36-52(47)64(51)41-20-8-3-9-21-41)58-61-56(38-18-6-2-7-19-38)60-57(62-58)39-28-31-42(32-29-39)63-49-26-14-11-23-44(49)45-24-12-15-27-50(45)63/h1-36,55,59H/p+1.